The van der Waals surface area contributed by atoms with Crippen LogP contribution in [-0.4, -0.2) is 51.4 Å². The maximum atomic E-state index is 13.3. The number of para-hydroxylation sites is 1. The van der Waals surface area contributed by atoms with Gasteiger partial charge in [-0.3, -0.25) is 13.9 Å². The van der Waals surface area contributed by atoms with Crippen molar-refractivity contribution >= 4 is 35.1 Å². The van der Waals surface area contributed by atoms with Crippen LogP contribution in [0.15, 0.2) is 35.1 Å². The van der Waals surface area contributed by atoms with Crippen LogP contribution in [0.5, 0.6) is 5.88 Å². The zero-order valence-electron chi connectivity index (χ0n) is 21.4. The molecule has 11 nitrogen and oxygen atoms in total. The molecule has 0 bridgehead atoms. The number of imidazole rings is 1. The third-order valence-corrected chi connectivity index (χ3v) is 6.13. The number of anilines is 1. The standard InChI is InChI=1S/C26H30N6O5/c1-26(2,3)37-24(34)28-18-10-8-12-31(15-18)20-13-21(36-16-33)29-23-22(20)32(25(35)30(23)5)14-17-9-6-7-11-19(17)27-4/h6-7,9,11,13,16,18H,8,10,12,14-15H2,1-3,5H3,(H,28,34)/t18-/m1/s1. The summed E-state index contributed by atoms with van der Waals surface area (Å²) < 4.78 is 13.5. The van der Waals surface area contributed by atoms with Crippen molar-refractivity contribution in [2.24, 2.45) is 7.05 Å². The normalized spacial score (nSPS) is 15.8. The number of benzene rings is 1. The molecule has 0 saturated carbocycles. The SMILES string of the molecule is [C-]#[N+]c1ccccc1Cn1c(=O)n(C)c2nc(OC=O)cc(N3CCC[C@@H](NC(=O)OC(C)(C)C)C3)c21. The number of carbonyl (C=O) groups is 2. The number of rotatable bonds is 6. The number of piperidine rings is 1. The van der Waals surface area contributed by atoms with Crippen LogP contribution in [0.1, 0.15) is 39.2 Å². The second-order valence-corrected chi connectivity index (χ2v) is 9.97. The molecule has 1 aliphatic heterocycles. The van der Waals surface area contributed by atoms with Crippen LogP contribution in [-0.2, 0) is 23.1 Å². The van der Waals surface area contributed by atoms with E-state index in [0.717, 1.165) is 12.8 Å². The Bertz CT molecular complexity index is 1430. The topological polar surface area (TPSA) is 112 Å². The van der Waals surface area contributed by atoms with E-state index in [-0.39, 0.29) is 24.2 Å². The Balaban J connectivity index is 1.77. The van der Waals surface area contributed by atoms with Crippen molar-refractivity contribution in [3.63, 3.8) is 0 Å². The summed E-state index contributed by atoms with van der Waals surface area (Å²) in [5.74, 6) is 0.0639. The molecule has 1 atom stereocenters. The van der Waals surface area contributed by atoms with Crippen LogP contribution < -0.4 is 20.6 Å². The minimum Gasteiger partial charge on any atom is -0.444 e. The fourth-order valence-electron chi connectivity index (χ4n) is 4.56. The maximum Gasteiger partial charge on any atom is 0.407 e. The van der Waals surface area contributed by atoms with E-state index in [1.165, 1.54) is 4.57 Å². The van der Waals surface area contributed by atoms with Gasteiger partial charge in [0.1, 0.15) is 11.1 Å². The predicted octanol–water partition coefficient (Wildman–Crippen LogP) is 3.36. The molecule has 4 rings (SSSR count). The quantitative estimate of drug-likeness (QED) is 0.403. The van der Waals surface area contributed by atoms with Gasteiger partial charge in [0.2, 0.25) is 5.88 Å². The summed E-state index contributed by atoms with van der Waals surface area (Å²) >= 11 is 0. The number of aromatic nitrogens is 3. The number of nitrogens with zero attached hydrogens (tertiary/aromatic N) is 5. The molecule has 1 N–H and O–H groups in total. The molecule has 1 aliphatic rings. The highest BCUT2D eigenvalue weighted by Gasteiger charge is 2.28. The summed E-state index contributed by atoms with van der Waals surface area (Å²) in [5, 5.41) is 2.94. The molecule has 11 heteroatoms. The number of hydrogen-bond donors (Lipinski definition) is 1. The van der Waals surface area contributed by atoms with Crippen molar-refractivity contribution in [1.82, 2.24) is 19.4 Å². The Kier molecular flexibility index (Phi) is 7.20. The summed E-state index contributed by atoms with van der Waals surface area (Å²) in [4.78, 5) is 46.9. The molecular formula is C26H30N6O5. The first-order valence-electron chi connectivity index (χ1n) is 12.0. The van der Waals surface area contributed by atoms with Gasteiger partial charge in [0.15, 0.2) is 11.3 Å². The largest absolute Gasteiger partial charge is 0.444 e. The number of pyridine rings is 1. The van der Waals surface area contributed by atoms with E-state index < -0.39 is 11.7 Å². The van der Waals surface area contributed by atoms with Crippen molar-refractivity contribution in [3.05, 3.63) is 57.8 Å². The lowest BCUT2D eigenvalue weighted by Crippen LogP contribution is -2.49. The Morgan fingerprint density at radius 3 is 2.78 bits per heavy atom. The van der Waals surface area contributed by atoms with E-state index in [9.17, 15) is 14.4 Å². The molecule has 37 heavy (non-hydrogen) atoms. The number of fused-ring (bicyclic) bond motifs is 1. The fraction of sp³-hybridized carbons (Fsp3) is 0.423. The Hall–Kier alpha value is -4.33. The number of ether oxygens (including phenoxy) is 2. The molecule has 0 radical (unpaired) electrons. The van der Waals surface area contributed by atoms with Crippen LogP contribution in [0.25, 0.3) is 16.0 Å². The summed E-state index contributed by atoms with van der Waals surface area (Å²) in [6, 6.07) is 8.58. The van der Waals surface area contributed by atoms with Crippen LogP contribution >= 0.6 is 0 Å². The minimum atomic E-state index is -0.613. The average molecular weight is 507 g/mol. The van der Waals surface area contributed by atoms with E-state index in [2.05, 4.69) is 15.1 Å². The van der Waals surface area contributed by atoms with E-state index in [1.54, 1.807) is 29.8 Å². The third-order valence-electron chi connectivity index (χ3n) is 6.13. The monoisotopic (exact) mass is 506 g/mol. The number of aryl methyl sites for hydroxylation is 1. The lowest BCUT2D eigenvalue weighted by molar-refractivity contribution is -0.120. The summed E-state index contributed by atoms with van der Waals surface area (Å²) in [5.41, 5.74) is 1.79. The molecule has 0 spiro atoms. The zero-order valence-corrected chi connectivity index (χ0v) is 21.4. The second-order valence-electron chi connectivity index (χ2n) is 9.97. The second kappa shape index (κ2) is 10.3. The zero-order chi connectivity index (χ0) is 26.7. The molecule has 0 aliphatic carbocycles. The Morgan fingerprint density at radius 2 is 2.08 bits per heavy atom. The van der Waals surface area contributed by atoms with Gasteiger partial charge in [-0.05, 0) is 39.2 Å². The molecule has 3 heterocycles. The van der Waals surface area contributed by atoms with Crippen molar-refractivity contribution in [3.8, 4) is 5.88 Å². The molecule has 1 saturated heterocycles. The van der Waals surface area contributed by atoms with Gasteiger partial charge in [0, 0.05) is 38.8 Å². The first-order chi connectivity index (χ1) is 17.6. The average Bonchev–Trinajstić information content (AvgIpc) is 3.08. The summed E-state index contributed by atoms with van der Waals surface area (Å²) in [6.45, 7) is 14.5. The molecule has 3 aromatic rings. The number of amides is 1. The smallest absolute Gasteiger partial charge is 0.407 e. The van der Waals surface area contributed by atoms with Gasteiger partial charge >= 0.3 is 11.8 Å². The molecule has 0 unspecified atom stereocenters. The number of nitrogens with one attached hydrogen (secondary N) is 1. The molecule has 1 amide bonds. The van der Waals surface area contributed by atoms with Crippen LogP contribution in [0, 0.1) is 6.57 Å². The molecule has 194 valence electrons. The number of hydrogen-bond acceptors (Lipinski definition) is 7. The van der Waals surface area contributed by atoms with E-state index in [4.69, 9.17) is 16.0 Å². The van der Waals surface area contributed by atoms with Gasteiger partial charge in [-0.1, -0.05) is 24.3 Å². The summed E-state index contributed by atoms with van der Waals surface area (Å²) in [6.07, 6.45) is 1.06. The molecular weight excluding hydrogens is 476 g/mol. The van der Waals surface area contributed by atoms with Gasteiger partial charge in [-0.25, -0.2) is 14.4 Å². The van der Waals surface area contributed by atoms with Crippen molar-refractivity contribution in [1.29, 1.82) is 0 Å². The van der Waals surface area contributed by atoms with E-state index in [1.807, 2.05) is 37.8 Å². The number of alkyl carbamates (subject to hydrolysis) is 1. The van der Waals surface area contributed by atoms with Gasteiger partial charge in [0.25, 0.3) is 6.47 Å². The predicted molar refractivity (Wildman–Crippen MR) is 138 cm³/mol. The minimum absolute atomic E-state index is 0.0639. The lowest BCUT2D eigenvalue weighted by Gasteiger charge is -2.35. The Morgan fingerprint density at radius 1 is 1.32 bits per heavy atom. The van der Waals surface area contributed by atoms with Gasteiger partial charge in [-0.2, -0.15) is 4.98 Å². The van der Waals surface area contributed by atoms with Crippen LogP contribution in [0.4, 0.5) is 16.2 Å². The molecule has 1 fully saturated rings. The maximum absolute atomic E-state index is 13.3. The van der Waals surface area contributed by atoms with Crippen molar-refractivity contribution in [2.45, 2.75) is 51.8 Å². The van der Waals surface area contributed by atoms with Gasteiger partial charge < -0.3 is 19.7 Å². The Labute approximate surface area is 214 Å². The van der Waals surface area contributed by atoms with E-state index >= 15 is 0 Å². The van der Waals surface area contributed by atoms with Crippen LogP contribution in [0.3, 0.4) is 0 Å². The molecule has 1 aromatic carbocycles. The van der Waals surface area contributed by atoms with E-state index in [0.29, 0.717) is 47.7 Å². The first-order valence-corrected chi connectivity index (χ1v) is 12.0. The third kappa shape index (κ3) is 5.58. The van der Waals surface area contributed by atoms with Crippen molar-refractivity contribution < 1.29 is 19.1 Å². The fourth-order valence-corrected chi connectivity index (χ4v) is 4.56. The van der Waals surface area contributed by atoms with Crippen LogP contribution in [0.2, 0.25) is 0 Å². The highest BCUT2D eigenvalue weighted by atomic mass is 16.6. The highest BCUT2D eigenvalue weighted by molar-refractivity contribution is 5.88. The highest BCUT2D eigenvalue weighted by Crippen LogP contribution is 2.32. The first kappa shape index (κ1) is 25.8. The summed E-state index contributed by atoms with van der Waals surface area (Å²) in [7, 11) is 1.60. The number of carbonyl (C=O) groups excluding carboxylic acids is 2. The molecule has 2 aromatic heterocycles. The van der Waals surface area contributed by atoms with Crippen molar-refractivity contribution in [2.75, 3.05) is 18.0 Å². The lowest BCUT2D eigenvalue weighted by atomic mass is 10.0. The van der Waals surface area contributed by atoms with Gasteiger partial charge in [0.05, 0.1) is 12.3 Å². The van der Waals surface area contributed by atoms with Gasteiger partial charge in [-0.15, -0.1) is 0 Å².